The number of fused-ring (bicyclic) bond motifs is 1. The Kier molecular flexibility index (Phi) is 4.73. The zero-order valence-electron chi connectivity index (χ0n) is 12.6. The van der Waals surface area contributed by atoms with Crippen molar-refractivity contribution in [1.29, 1.82) is 0 Å². The molecule has 130 valence electrons. The molecular formula is C15H16F3N3O2S. The molecule has 3 rings (SSSR count). The molecule has 2 aliphatic rings. The first-order valence-electron chi connectivity index (χ1n) is 7.50. The highest BCUT2D eigenvalue weighted by molar-refractivity contribution is 8.00. The Morgan fingerprint density at radius 1 is 1.29 bits per heavy atom. The first kappa shape index (κ1) is 17.1. The van der Waals surface area contributed by atoms with Crippen molar-refractivity contribution >= 4 is 23.6 Å². The van der Waals surface area contributed by atoms with Crippen molar-refractivity contribution in [1.82, 2.24) is 15.5 Å². The molecule has 2 N–H and O–H groups in total. The Bertz CT molecular complexity index is 653. The monoisotopic (exact) mass is 359 g/mol. The fourth-order valence-corrected chi connectivity index (χ4v) is 3.62. The number of carbonyl (C=O) groups is 2. The van der Waals surface area contributed by atoms with Crippen molar-refractivity contribution in [2.45, 2.75) is 28.9 Å². The maximum atomic E-state index is 12.6. The van der Waals surface area contributed by atoms with Crippen LogP contribution in [0.15, 0.2) is 29.2 Å². The minimum Gasteiger partial charge on any atom is -0.349 e. The van der Waals surface area contributed by atoms with Gasteiger partial charge in [0.1, 0.15) is 0 Å². The number of alkyl halides is 3. The van der Waals surface area contributed by atoms with E-state index in [0.29, 0.717) is 19.5 Å². The minimum atomic E-state index is -4.39. The Labute approximate surface area is 141 Å². The normalized spacial score (nSPS) is 24.3. The van der Waals surface area contributed by atoms with E-state index < -0.39 is 5.51 Å². The summed E-state index contributed by atoms with van der Waals surface area (Å²) in [7, 11) is 0. The minimum absolute atomic E-state index is 0.0177. The largest absolute Gasteiger partial charge is 0.446 e. The standard InChI is InChI=1S/C15H16F3N3O2S/c16-15(17,18)24-10-3-1-2-9(6-10)14(23)21-5-4-11-12(8-21)20-13(22)7-19-11/h1-3,6,11-12,19H,4-5,7-8H2,(H,20,22)/t11-,12+/m0/s1. The number of benzene rings is 1. The van der Waals surface area contributed by atoms with E-state index in [9.17, 15) is 22.8 Å². The van der Waals surface area contributed by atoms with Gasteiger partial charge in [0, 0.05) is 29.6 Å². The number of hydrogen-bond donors (Lipinski definition) is 2. The molecule has 2 atom stereocenters. The smallest absolute Gasteiger partial charge is 0.349 e. The molecule has 5 nitrogen and oxygen atoms in total. The van der Waals surface area contributed by atoms with Gasteiger partial charge < -0.3 is 15.5 Å². The lowest BCUT2D eigenvalue weighted by atomic mass is 9.96. The van der Waals surface area contributed by atoms with E-state index in [0.717, 1.165) is 0 Å². The summed E-state index contributed by atoms with van der Waals surface area (Å²) < 4.78 is 37.4. The second-order valence-corrected chi connectivity index (χ2v) is 6.92. The van der Waals surface area contributed by atoms with E-state index in [1.54, 1.807) is 4.90 Å². The second kappa shape index (κ2) is 6.64. The van der Waals surface area contributed by atoms with Gasteiger partial charge in [-0.3, -0.25) is 9.59 Å². The van der Waals surface area contributed by atoms with Crippen LogP contribution in [-0.4, -0.2) is 53.9 Å². The fraction of sp³-hybridized carbons (Fsp3) is 0.467. The van der Waals surface area contributed by atoms with Gasteiger partial charge in [-0.05, 0) is 36.4 Å². The van der Waals surface area contributed by atoms with Crippen LogP contribution >= 0.6 is 11.8 Å². The number of rotatable bonds is 2. The highest BCUT2D eigenvalue weighted by Crippen LogP contribution is 2.37. The highest BCUT2D eigenvalue weighted by Gasteiger charge is 2.35. The predicted octanol–water partition coefficient (Wildman–Crippen LogP) is 1.60. The molecule has 0 aliphatic carbocycles. The third-order valence-corrected chi connectivity index (χ3v) is 4.81. The summed E-state index contributed by atoms with van der Waals surface area (Å²) in [4.78, 5) is 25.6. The molecule has 1 aromatic carbocycles. The van der Waals surface area contributed by atoms with Gasteiger partial charge in [0.2, 0.25) is 5.91 Å². The van der Waals surface area contributed by atoms with Crippen LogP contribution in [0.3, 0.4) is 0 Å². The van der Waals surface area contributed by atoms with E-state index in [1.807, 2.05) is 0 Å². The number of carbonyl (C=O) groups excluding carboxylic acids is 2. The number of piperidine rings is 1. The summed E-state index contributed by atoms with van der Waals surface area (Å²) in [6.45, 7) is 1.12. The molecule has 9 heteroatoms. The number of likely N-dealkylation sites (tertiary alicyclic amines) is 1. The Balaban J connectivity index is 1.70. The fourth-order valence-electron chi connectivity index (χ4n) is 3.02. The maximum Gasteiger partial charge on any atom is 0.446 e. The zero-order valence-corrected chi connectivity index (χ0v) is 13.4. The van der Waals surface area contributed by atoms with Gasteiger partial charge in [0.05, 0.1) is 12.6 Å². The van der Waals surface area contributed by atoms with E-state index in [4.69, 9.17) is 0 Å². The van der Waals surface area contributed by atoms with Crippen molar-refractivity contribution in [3.63, 3.8) is 0 Å². The van der Waals surface area contributed by atoms with Crippen LogP contribution in [0.5, 0.6) is 0 Å². The van der Waals surface area contributed by atoms with Crippen LogP contribution in [0.2, 0.25) is 0 Å². The SMILES string of the molecule is O=C1CN[C@H]2CCN(C(=O)c3cccc(SC(F)(F)F)c3)C[C@H]2N1. The van der Waals surface area contributed by atoms with E-state index in [-0.39, 0.29) is 52.7 Å². The van der Waals surface area contributed by atoms with Crippen LogP contribution in [0, 0.1) is 0 Å². The van der Waals surface area contributed by atoms with Crippen LogP contribution < -0.4 is 10.6 Å². The topological polar surface area (TPSA) is 61.4 Å². The van der Waals surface area contributed by atoms with Gasteiger partial charge in [-0.2, -0.15) is 13.2 Å². The van der Waals surface area contributed by atoms with Gasteiger partial charge in [0.25, 0.3) is 5.91 Å². The molecule has 0 saturated carbocycles. The third kappa shape index (κ3) is 4.02. The lowest BCUT2D eigenvalue weighted by Gasteiger charge is -2.41. The lowest BCUT2D eigenvalue weighted by Crippen LogP contribution is -2.65. The lowest BCUT2D eigenvalue weighted by molar-refractivity contribution is -0.123. The molecule has 0 unspecified atom stereocenters. The summed E-state index contributed by atoms with van der Waals surface area (Å²) in [5, 5.41) is 5.98. The van der Waals surface area contributed by atoms with Crippen molar-refractivity contribution in [3.05, 3.63) is 29.8 Å². The van der Waals surface area contributed by atoms with Crippen molar-refractivity contribution in [2.24, 2.45) is 0 Å². The number of thioether (sulfide) groups is 1. The third-order valence-electron chi connectivity index (χ3n) is 4.09. The van der Waals surface area contributed by atoms with Gasteiger partial charge in [0.15, 0.2) is 0 Å². The van der Waals surface area contributed by atoms with Crippen LogP contribution in [0.25, 0.3) is 0 Å². The number of nitrogens with one attached hydrogen (secondary N) is 2. The van der Waals surface area contributed by atoms with Crippen molar-refractivity contribution in [3.8, 4) is 0 Å². The maximum absolute atomic E-state index is 12.6. The number of hydrogen-bond acceptors (Lipinski definition) is 4. The van der Waals surface area contributed by atoms with Gasteiger partial charge >= 0.3 is 5.51 Å². The number of halogens is 3. The van der Waals surface area contributed by atoms with Crippen LogP contribution in [-0.2, 0) is 4.79 Å². The molecular weight excluding hydrogens is 343 g/mol. The van der Waals surface area contributed by atoms with Gasteiger partial charge in [-0.15, -0.1) is 0 Å². The molecule has 24 heavy (non-hydrogen) atoms. The second-order valence-electron chi connectivity index (χ2n) is 5.78. The molecule has 2 saturated heterocycles. The van der Waals surface area contributed by atoms with Crippen LogP contribution in [0.1, 0.15) is 16.8 Å². The summed E-state index contributed by atoms with van der Waals surface area (Å²) >= 11 is -0.240. The van der Waals surface area contributed by atoms with Crippen molar-refractivity contribution < 1.29 is 22.8 Å². The molecule has 2 fully saturated rings. The van der Waals surface area contributed by atoms with Gasteiger partial charge in [-0.1, -0.05) is 6.07 Å². The molecule has 2 aliphatic heterocycles. The van der Waals surface area contributed by atoms with E-state index in [2.05, 4.69) is 10.6 Å². The molecule has 2 amide bonds. The van der Waals surface area contributed by atoms with Gasteiger partial charge in [-0.25, -0.2) is 0 Å². The average molecular weight is 359 g/mol. The quantitative estimate of drug-likeness (QED) is 0.788. The van der Waals surface area contributed by atoms with E-state index in [1.165, 1.54) is 24.3 Å². The first-order valence-corrected chi connectivity index (χ1v) is 8.31. The molecule has 2 heterocycles. The van der Waals surface area contributed by atoms with Crippen LogP contribution in [0.4, 0.5) is 13.2 Å². The predicted molar refractivity (Wildman–Crippen MR) is 82.6 cm³/mol. The molecule has 0 spiro atoms. The first-order chi connectivity index (χ1) is 11.3. The molecule has 0 aromatic heterocycles. The Morgan fingerprint density at radius 2 is 2.08 bits per heavy atom. The summed E-state index contributed by atoms with van der Waals surface area (Å²) in [5.74, 6) is -0.438. The molecule has 0 radical (unpaired) electrons. The molecule has 1 aromatic rings. The Morgan fingerprint density at radius 3 is 2.83 bits per heavy atom. The van der Waals surface area contributed by atoms with E-state index >= 15 is 0 Å². The summed E-state index contributed by atoms with van der Waals surface area (Å²) in [6, 6.07) is 5.48. The number of piperazine rings is 1. The Hall–Kier alpha value is -1.74. The number of nitrogens with zero attached hydrogens (tertiary/aromatic N) is 1. The highest BCUT2D eigenvalue weighted by atomic mass is 32.2. The zero-order chi connectivity index (χ0) is 17.3. The summed E-state index contributed by atoms with van der Waals surface area (Å²) in [5.41, 5.74) is -4.17. The summed E-state index contributed by atoms with van der Waals surface area (Å²) in [6.07, 6.45) is 0.688. The average Bonchev–Trinajstić information content (AvgIpc) is 2.52. The molecule has 0 bridgehead atoms. The number of amides is 2. The van der Waals surface area contributed by atoms with Crippen molar-refractivity contribution in [2.75, 3.05) is 19.6 Å².